The average Bonchev–Trinajstić information content (AvgIpc) is 2.96. The smallest absolute Gasteiger partial charge is 0.320 e. The maximum atomic E-state index is 12.2. The van der Waals surface area contributed by atoms with Gasteiger partial charge < -0.3 is 14.6 Å². The van der Waals surface area contributed by atoms with E-state index in [4.69, 9.17) is 4.74 Å². The Morgan fingerprint density at radius 3 is 3.00 bits per heavy atom. The van der Waals surface area contributed by atoms with Gasteiger partial charge in [-0.05, 0) is 19.3 Å². The van der Waals surface area contributed by atoms with E-state index in [2.05, 4.69) is 15.6 Å². The average molecular weight is 306 g/mol. The quantitative estimate of drug-likeness (QED) is 0.861. The van der Waals surface area contributed by atoms with Gasteiger partial charge in [0, 0.05) is 37.5 Å². The molecule has 7 heteroatoms. The molecule has 2 heterocycles. The maximum absolute atomic E-state index is 12.2. The van der Waals surface area contributed by atoms with Gasteiger partial charge in [0.2, 0.25) is 5.82 Å². The predicted molar refractivity (Wildman–Crippen MR) is 81.8 cm³/mol. The van der Waals surface area contributed by atoms with Crippen LogP contribution < -0.4 is 16.2 Å². The fraction of sp³-hybridized carbons (Fsp3) is 0.667. The molecule has 0 bridgehead atoms. The number of rotatable bonds is 2. The summed E-state index contributed by atoms with van der Waals surface area (Å²) >= 11 is 0. The lowest BCUT2D eigenvalue weighted by Crippen LogP contribution is -2.53. The summed E-state index contributed by atoms with van der Waals surface area (Å²) < 4.78 is 7.02. The molecule has 1 saturated heterocycles. The molecule has 2 N–H and O–H groups in total. The zero-order valence-corrected chi connectivity index (χ0v) is 12.8. The highest BCUT2D eigenvalue weighted by Crippen LogP contribution is 2.44. The molecule has 0 radical (unpaired) electrons. The normalized spacial score (nSPS) is 23.4. The molecule has 2 fully saturated rings. The Kier molecular flexibility index (Phi) is 4.15. The van der Waals surface area contributed by atoms with Gasteiger partial charge in [-0.2, -0.15) is 0 Å². The number of hydrogen-bond acceptors (Lipinski definition) is 4. The number of urea groups is 1. The van der Waals surface area contributed by atoms with E-state index in [0.29, 0.717) is 13.2 Å². The molecular weight excluding hydrogens is 284 g/mol. The third-order valence-electron chi connectivity index (χ3n) is 4.83. The van der Waals surface area contributed by atoms with Crippen LogP contribution in [0.3, 0.4) is 0 Å². The first-order valence-corrected chi connectivity index (χ1v) is 7.78. The van der Waals surface area contributed by atoms with E-state index < -0.39 is 0 Å². The van der Waals surface area contributed by atoms with Crippen molar-refractivity contribution in [1.29, 1.82) is 0 Å². The molecule has 1 spiro atoms. The number of hydrogen-bond donors (Lipinski definition) is 2. The molecule has 1 aliphatic heterocycles. The van der Waals surface area contributed by atoms with Crippen LogP contribution in [-0.2, 0) is 11.8 Å². The lowest BCUT2D eigenvalue weighted by Gasteiger charge is -2.41. The van der Waals surface area contributed by atoms with Crippen LogP contribution in [-0.4, -0.2) is 34.8 Å². The zero-order chi connectivity index (χ0) is 15.6. The predicted octanol–water partition coefficient (Wildman–Crippen LogP) is 1.25. The number of anilines is 1. The molecular formula is C15H22N4O3. The Morgan fingerprint density at radius 2 is 2.23 bits per heavy atom. The molecule has 1 unspecified atom stereocenters. The summed E-state index contributed by atoms with van der Waals surface area (Å²) in [4.78, 5) is 28.0. The minimum absolute atomic E-state index is 0.0510. The van der Waals surface area contributed by atoms with Crippen molar-refractivity contribution in [3.63, 3.8) is 0 Å². The minimum Gasteiger partial charge on any atom is -0.381 e. The van der Waals surface area contributed by atoms with Gasteiger partial charge in [-0.1, -0.05) is 12.8 Å². The first-order chi connectivity index (χ1) is 10.6. The van der Waals surface area contributed by atoms with Crippen LogP contribution in [0.4, 0.5) is 10.6 Å². The molecule has 2 amide bonds. The van der Waals surface area contributed by atoms with Crippen molar-refractivity contribution >= 4 is 11.8 Å². The molecule has 2 aliphatic rings. The van der Waals surface area contributed by atoms with Crippen molar-refractivity contribution in [1.82, 2.24) is 14.9 Å². The Morgan fingerprint density at radius 1 is 1.45 bits per heavy atom. The van der Waals surface area contributed by atoms with Crippen molar-refractivity contribution < 1.29 is 9.53 Å². The molecule has 1 saturated carbocycles. The molecule has 1 atom stereocenters. The Labute approximate surface area is 129 Å². The SMILES string of the molecule is Cn1ccnc(NC(=O)NC2CCOCC23CCCC3)c1=O. The Balaban J connectivity index is 1.68. The molecule has 1 aromatic rings. The largest absolute Gasteiger partial charge is 0.381 e. The van der Waals surface area contributed by atoms with Crippen LogP contribution in [0.1, 0.15) is 32.1 Å². The summed E-state index contributed by atoms with van der Waals surface area (Å²) in [5, 5.41) is 5.60. The van der Waals surface area contributed by atoms with Gasteiger partial charge in [-0.3, -0.25) is 10.1 Å². The van der Waals surface area contributed by atoms with Crippen LogP contribution in [0, 0.1) is 5.41 Å². The molecule has 7 nitrogen and oxygen atoms in total. The highest BCUT2D eigenvalue weighted by molar-refractivity contribution is 5.88. The highest BCUT2D eigenvalue weighted by atomic mass is 16.5. The number of nitrogens with zero attached hydrogens (tertiary/aromatic N) is 2. The van der Waals surface area contributed by atoms with Gasteiger partial charge >= 0.3 is 6.03 Å². The van der Waals surface area contributed by atoms with E-state index in [9.17, 15) is 9.59 Å². The summed E-state index contributed by atoms with van der Waals surface area (Å²) in [6.07, 6.45) is 8.40. The minimum atomic E-state index is -0.367. The maximum Gasteiger partial charge on any atom is 0.320 e. The summed E-state index contributed by atoms with van der Waals surface area (Å²) in [6.45, 7) is 1.38. The number of carbonyl (C=O) groups excluding carboxylic acids is 1. The molecule has 22 heavy (non-hydrogen) atoms. The van der Waals surface area contributed by atoms with E-state index in [1.165, 1.54) is 23.6 Å². The van der Waals surface area contributed by atoms with Crippen molar-refractivity contribution in [2.75, 3.05) is 18.5 Å². The third-order valence-corrected chi connectivity index (χ3v) is 4.83. The van der Waals surface area contributed by atoms with Gasteiger partial charge in [-0.15, -0.1) is 0 Å². The molecule has 120 valence electrons. The van der Waals surface area contributed by atoms with Crippen LogP contribution >= 0.6 is 0 Å². The van der Waals surface area contributed by atoms with Crippen LogP contribution in [0.5, 0.6) is 0 Å². The van der Waals surface area contributed by atoms with Crippen molar-refractivity contribution in [3.05, 3.63) is 22.7 Å². The van der Waals surface area contributed by atoms with E-state index >= 15 is 0 Å². The van der Waals surface area contributed by atoms with E-state index in [0.717, 1.165) is 19.3 Å². The molecule has 1 aromatic heterocycles. The standard InChI is InChI=1S/C15H22N4O3/c1-19-8-7-16-12(13(19)20)18-14(21)17-11-4-9-22-10-15(11)5-2-3-6-15/h7-8,11H,2-6,9-10H2,1H3,(H2,16,17,18,21). The first kappa shape index (κ1) is 15.0. The number of aryl methyl sites for hydroxylation is 1. The van der Waals surface area contributed by atoms with Gasteiger partial charge in [0.1, 0.15) is 0 Å². The Bertz CT molecular complexity index is 607. The fourth-order valence-electron chi connectivity index (χ4n) is 3.57. The summed E-state index contributed by atoms with van der Waals surface area (Å²) in [5.74, 6) is 0.0510. The van der Waals surface area contributed by atoms with Gasteiger partial charge in [0.05, 0.1) is 6.61 Å². The lowest BCUT2D eigenvalue weighted by molar-refractivity contribution is -0.0259. The number of aromatic nitrogens is 2. The van der Waals surface area contributed by atoms with Crippen molar-refractivity contribution in [3.8, 4) is 0 Å². The summed E-state index contributed by atoms with van der Waals surface area (Å²) in [5.41, 5.74) is -0.259. The Hall–Kier alpha value is -1.89. The summed E-state index contributed by atoms with van der Waals surface area (Å²) in [7, 11) is 1.62. The van der Waals surface area contributed by atoms with Gasteiger partial charge in [-0.25, -0.2) is 9.78 Å². The van der Waals surface area contributed by atoms with Crippen molar-refractivity contribution in [2.24, 2.45) is 12.5 Å². The monoisotopic (exact) mass is 306 g/mol. The molecule has 3 rings (SSSR count). The second-order valence-electron chi connectivity index (χ2n) is 6.25. The van der Waals surface area contributed by atoms with Crippen LogP contribution in [0.2, 0.25) is 0 Å². The second kappa shape index (κ2) is 6.08. The fourth-order valence-corrected chi connectivity index (χ4v) is 3.57. The van der Waals surface area contributed by atoms with Gasteiger partial charge in [0.15, 0.2) is 0 Å². The number of amides is 2. The van der Waals surface area contributed by atoms with Crippen LogP contribution in [0.25, 0.3) is 0 Å². The van der Waals surface area contributed by atoms with Crippen molar-refractivity contribution in [2.45, 2.75) is 38.1 Å². The van der Waals surface area contributed by atoms with Gasteiger partial charge in [0.25, 0.3) is 5.56 Å². The summed E-state index contributed by atoms with van der Waals surface area (Å²) in [6, 6.07) is -0.273. The highest BCUT2D eigenvalue weighted by Gasteiger charge is 2.44. The number of carbonyl (C=O) groups is 1. The van der Waals surface area contributed by atoms with E-state index in [1.807, 2.05) is 0 Å². The molecule has 0 aromatic carbocycles. The first-order valence-electron chi connectivity index (χ1n) is 7.78. The lowest BCUT2D eigenvalue weighted by atomic mass is 9.76. The van der Waals surface area contributed by atoms with Crippen LogP contribution in [0.15, 0.2) is 17.2 Å². The van der Waals surface area contributed by atoms with E-state index in [-0.39, 0.29) is 28.9 Å². The third kappa shape index (κ3) is 2.85. The zero-order valence-electron chi connectivity index (χ0n) is 12.8. The number of ether oxygens (including phenoxy) is 1. The topological polar surface area (TPSA) is 85.2 Å². The van der Waals surface area contributed by atoms with E-state index in [1.54, 1.807) is 13.2 Å². The second-order valence-corrected chi connectivity index (χ2v) is 6.25. The number of nitrogens with one attached hydrogen (secondary N) is 2. The molecule has 1 aliphatic carbocycles.